The van der Waals surface area contributed by atoms with E-state index in [1.54, 1.807) is 11.8 Å². The first-order valence-electron chi connectivity index (χ1n) is 6.87. The number of nitrogens with zero attached hydrogens (tertiary/aromatic N) is 3. The SMILES string of the molecule is NCc1c(Br)cccc1Sc1nnc2n1CCCCC2. The van der Waals surface area contributed by atoms with Crippen molar-refractivity contribution < 1.29 is 0 Å². The number of halogens is 1. The molecule has 4 nitrogen and oxygen atoms in total. The minimum absolute atomic E-state index is 0.519. The molecule has 0 unspecified atom stereocenters. The molecule has 2 heterocycles. The molecule has 6 heteroatoms. The lowest BCUT2D eigenvalue weighted by Gasteiger charge is -2.10. The average molecular weight is 353 g/mol. The van der Waals surface area contributed by atoms with Crippen LogP contribution >= 0.6 is 27.7 Å². The maximum atomic E-state index is 5.86. The first-order chi connectivity index (χ1) is 9.79. The topological polar surface area (TPSA) is 56.7 Å². The highest BCUT2D eigenvalue weighted by molar-refractivity contribution is 9.10. The van der Waals surface area contributed by atoms with Crippen molar-refractivity contribution in [2.75, 3.05) is 0 Å². The Balaban J connectivity index is 1.92. The normalized spacial score (nSPS) is 14.9. The van der Waals surface area contributed by atoms with Crippen molar-refractivity contribution in [3.63, 3.8) is 0 Å². The first kappa shape index (κ1) is 14.1. The molecule has 0 radical (unpaired) electrons. The summed E-state index contributed by atoms with van der Waals surface area (Å²) >= 11 is 5.23. The summed E-state index contributed by atoms with van der Waals surface area (Å²) in [4.78, 5) is 1.15. The third kappa shape index (κ3) is 2.77. The second-order valence-corrected chi connectivity index (χ2v) is 6.75. The fourth-order valence-electron chi connectivity index (χ4n) is 2.46. The van der Waals surface area contributed by atoms with Gasteiger partial charge in [0, 0.05) is 28.9 Å². The Labute approximate surface area is 131 Å². The molecular weight excluding hydrogens is 336 g/mol. The minimum atomic E-state index is 0.519. The largest absolute Gasteiger partial charge is 0.326 e. The van der Waals surface area contributed by atoms with Gasteiger partial charge in [0.05, 0.1) is 0 Å². The van der Waals surface area contributed by atoms with E-state index in [1.165, 1.54) is 19.3 Å². The van der Waals surface area contributed by atoms with Crippen molar-refractivity contribution in [3.05, 3.63) is 34.1 Å². The summed E-state index contributed by atoms with van der Waals surface area (Å²) in [6, 6.07) is 6.15. The Kier molecular flexibility index (Phi) is 4.43. The number of nitrogens with two attached hydrogens (primary N) is 1. The molecule has 106 valence electrons. The molecule has 1 aromatic heterocycles. The van der Waals surface area contributed by atoms with E-state index in [0.717, 1.165) is 38.9 Å². The smallest absolute Gasteiger partial charge is 0.196 e. The molecule has 1 aliphatic heterocycles. The Morgan fingerprint density at radius 2 is 2.15 bits per heavy atom. The van der Waals surface area contributed by atoms with E-state index in [-0.39, 0.29) is 0 Å². The molecule has 20 heavy (non-hydrogen) atoms. The third-order valence-electron chi connectivity index (χ3n) is 3.56. The van der Waals surface area contributed by atoms with Crippen molar-refractivity contribution in [1.82, 2.24) is 14.8 Å². The number of benzene rings is 1. The van der Waals surface area contributed by atoms with E-state index < -0.39 is 0 Å². The Morgan fingerprint density at radius 1 is 1.25 bits per heavy atom. The van der Waals surface area contributed by atoms with Gasteiger partial charge >= 0.3 is 0 Å². The quantitative estimate of drug-likeness (QED) is 0.919. The number of rotatable bonds is 3. The van der Waals surface area contributed by atoms with Crippen LogP contribution in [0.4, 0.5) is 0 Å². The summed E-state index contributed by atoms with van der Waals surface area (Å²) in [7, 11) is 0. The number of aryl methyl sites for hydroxylation is 1. The van der Waals surface area contributed by atoms with E-state index in [2.05, 4.69) is 36.8 Å². The van der Waals surface area contributed by atoms with Crippen LogP contribution < -0.4 is 5.73 Å². The zero-order chi connectivity index (χ0) is 13.9. The van der Waals surface area contributed by atoms with Crippen LogP contribution in [0.2, 0.25) is 0 Å². The van der Waals surface area contributed by atoms with Gasteiger partial charge in [-0.2, -0.15) is 0 Å². The summed E-state index contributed by atoms with van der Waals surface area (Å²) < 4.78 is 3.32. The fraction of sp³-hybridized carbons (Fsp3) is 0.429. The summed E-state index contributed by atoms with van der Waals surface area (Å²) in [5.41, 5.74) is 6.99. The lowest BCUT2D eigenvalue weighted by Crippen LogP contribution is -2.03. The number of hydrogen-bond donors (Lipinski definition) is 1. The van der Waals surface area contributed by atoms with Gasteiger partial charge in [-0.05, 0) is 42.3 Å². The van der Waals surface area contributed by atoms with Crippen molar-refractivity contribution in [1.29, 1.82) is 0 Å². The lowest BCUT2D eigenvalue weighted by atomic mass is 10.2. The fourth-order valence-corrected chi connectivity index (χ4v) is 4.17. The molecule has 0 saturated carbocycles. The van der Waals surface area contributed by atoms with Crippen LogP contribution in [0.3, 0.4) is 0 Å². The molecule has 0 saturated heterocycles. The molecule has 0 spiro atoms. The first-order valence-corrected chi connectivity index (χ1v) is 8.48. The standard InChI is InChI=1S/C14H17BrN4S/c15-11-5-4-6-12(10(11)9-16)20-14-18-17-13-7-2-1-3-8-19(13)14/h4-6H,1-3,7-9,16H2. The number of fused-ring (bicyclic) bond motifs is 1. The molecule has 0 atom stereocenters. The molecule has 2 N–H and O–H groups in total. The van der Waals surface area contributed by atoms with E-state index in [0.29, 0.717) is 6.54 Å². The highest BCUT2D eigenvalue weighted by atomic mass is 79.9. The Hall–Kier alpha value is -0.850. The summed E-state index contributed by atoms with van der Waals surface area (Å²) in [5, 5.41) is 9.68. The number of hydrogen-bond acceptors (Lipinski definition) is 4. The van der Waals surface area contributed by atoms with E-state index in [9.17, 15) is 0 Å². The molecule has 0 bridgehead atoms. The molecule has 1 aromatic carbocycles. The molecule has 3 rings (SSSR count). The second-order valence-electron chi connectivity index (χ2n) is 4.88. The van der Waals surface area contributed by atoms with Gasteiger partial charge in [-0.25, -0.2) is 0 Å². The van der Waals surface area contributed by atoms with E-state index >= 15 is 0 Å². The third-order valence-corrected chi connectivity index (χ3v) is 5.39. The molecule has 0 aliphatic carbocycles. The Morgan fingerprint density at radius 3 is 3.00 bits per heavy atom. The van der Waals surface area contributed by atoms with Crippen LogP contribution in [0.15, 0.2) is 32.7 Å². The minimum Gasteiger partial charge on any atom is -0.326 e. The van der Waals surface area contributed by atoms with Crippen LogP contribution in [0, 0.1) is 0 Å². The van der Waals surface area contributed by atoms with Crippen LogP contribution in [0.5, 0.6) is 0 Å². The van der Waals surface area contributed by atoms with Crippen LogP contribution in [0.1, 0.15) is 30.7 Å². The maximum Gasteiger partial charge on any atom is 0.196 e. The highest BCUT2D eigenvalue weighted by Crippen LogP contribution is 2.33. The van der Waals surface area contributed by atoms with Crippen molar-refractivity contribution in [3.8, 4) is 0 Å². The summed E-state index contributed by atoms with van der Waals surface area (Å²) in [6.07, 6.45) is 4.74. The van der Waals surface area contributed by atoms with Gasteiger partial charge in [0.25, 0.3) is 0 Å². The predicted octanol–water partition coefficient (Wildman–Crippen LogP) is 3.38. The van der Waals surface area contributed by atoms with Gasteiger partial charge in [-0.1, -0.05) is 28.4 Å². The second kappa shape index (κ2) is 6.28. The van der Waals surface area contributed by atoms with Gasteiger partial charge in [-0.3, -0.25) is 0 Å². The van der Waals surface area contributed by atoms with Gasteiger partial charge in [0.15, 0.2) is 5.16 Å². The lowest BCUT2D eigenvalue weighted by molar-refractivity contribution is 0.591. The van der Waals surface area contributed by atoms with E-state index in [1.807, 2.05) is 12.1 Å². The maximum absolute atomic E-state index is 5.86. The number of aromatic nitrogens is 3. The molecule has 2 aromatic rings. The Bertz CT molecular complexity index is 611. The monoisotopic (exact) mass is 352 g/mol. The molecule has 0 amide bonds. The molecule has 0 fully saturated rings. The molecular formula is C14H17BrN4S. The zero-order valence-corrected chi connectivity index (χ0v) is 13.6. The van der Waals surface area contributed by atoms with Crippen LogP contribution in [0.25, 0.3) is 0 Å². The van der Waals surface area contributed by atoms with Crippen LogP contribution in [-0.2, 0) is 19.5 Å². The summed E-state index contributed by atoms with van der Waals surface area (Å²) in [5.74, 6) is 1.12. The van der Waals surface area contributed by atoms with Gasteiger partial charge in [-0.15, -0.1) is 10.2 Å². The van der Waals surface area contributed by atoms with Crippen molar-refractivity contribution in [2.24, 2.45) is 5.73 Å². The van der Waals surface area contributed by atoms with Crippen LogP contribution in [-0.4, -0.2) is 14.8 Å². The summed E-state index contributed by atoms with van der Waals surface area (Å²) in [6.45, 7) is 1.54. The molecule has 1 aliphatic rings. The van der Waals surface area contributed by atoms with Gasteiger partial charge in [0.2, 0.25) is 0 Å². The van der Waals surface area contributed by atoms with Gasteiger partial charge < -0.3 is 10.3 Å². The van der Waals surface area contributed by atoms with Gasteiger partial charge in [0.1, 0.15) is 5.82 Å². The highest BCUT2D eigenvalue weighted by Gasteiger charge is 2.17. The van der Waals surface area contributed by atoms with E-state index in [4.69, 9.17) is 5.73 Å². The van der Waals surface area contributed by atoms with Crippen molar-refractivity contribution in [2.45, 2.75) is 48.8 Å². The zero-order valence-electron chi connectivity index (χ0n) is 11.2. The average Bonchev–Trinajstić information content (AvgIpc) is 2.68. The van der Waals surface area contributed by atoms with Crippen molar-refractivity contribution >= 4 is 27.7 Å². The predicted molar refractivity (Wildman–Crippen MR) is 83.7 cm³/mol.